The van der Waals surface area contributed by atoms with Crippen LogP contribution in [0.3, 0.4) is 0 Å². The predicted molar refractivity (Wildman–Crippen MR) is 83.7 cm³/mol. The molecule has 0 atom stereocenters. The maximum atomic E-state index is 10.9. The Hall–Kier alpha value is -2.56. The van der Waals surface area contributed by atoms with Crippen molar-refractivity contribution in [3.63, 3.8) is 0 Å². The molecule has 0 aliphatic carbocycles. The number of hydrogen-bond donors (Lipinski definition) is 2. The van der Waals surface area contributed by atoms with Crippen LogP contribution in [0.4, 0.5) is 11.5 Å². The highest BCUT2D eigenvalue weighted by molar-refractivity contribution is 5.87. The fourth-order valence-corrected chi connectivity index (χ4v) is 2.00. The van der Waals surface area contributed by atoms with E-state index in [9.17, 15) is 4.79 Å². The molecule has 21 heavy (non-hydrogen) atoms. The number of hydrogen-bond acceptors (Lipinski definition) is 4. The highest BCUT2D eigenvalue weighted by Gasteiger charge is 2.02. The highest BCUT2D eigenvalue weighted by atomic mass is 16.5. The van der Waals surface area contributed by atoms with Gasteiger partial charge < -0.3 is 15.4 Å². The van der Waals surface area contributed by atoms with E-state index in [0.717, 1.165) is 30.0 Å². The Morgan fingerprint density at radius 1 is 1.24 bits per heavy atom. The third kappa shape index (κ3) is 4.49. The first-order valence-corrected chi connectivity index (χ1v) is 6.78. The SMILES string of the molecule is COc1ccccc1CCNc1ccc(NC(C)=O)nc1. The van der Waals surface area contributed by atoms with Crippen molar-refractivity contribution < 1.29 is 9.53 Å². The van der Waals surface area contributed by atoms with Crippen LogP contribution in [0.15, 0.2) is 42.6 Å². The van der Waals surface area contributed by atoms with Crippen LogP contribution in [0.25, 0.3) is 0 Å². The van der Waals surface area contributed by atoms with Gasteiger partial charge in [-0.3, -0.25) is 4.79 Å². The van der Waals surface area contributed by atoms with Gasteiger partial charge in [0.05, 0.1) is 19.0 Å². The van der Waals surface area contributed by atoms with Gasteiger partial charge in [0.15, 0.2) is 0 Å². The molecule has 5 heteroatoms. The lowest BCUT2D eigenvalue weighted by atomic mass is 10.1. The summed E-state index contributed by atoms with van der Waals surface area (Å²) < 4.78 is 5.32. The van der Waals surface area contributed by atoms with Gasteiger partial charge in [-0.2, -0.15) is 0 Å². The van der Waals surface area contributed by atoms with Crippen LogP contribution in [0, 0.1) is 0 Å². The van der Waals surface area contributed by atoms with E-state index < -0.39 is 0 Å². The summed E-state index contributed by atoms with van der Waals surface area (Å²) in [4.78, 5) is 15.1. The third-order valence-electron chi connectivity index (χ3n) is 2.98. The fourth-order valence-electron chi connectivity index (χ4n) is 2.00. The molecule has 2 N–H and O–H groups in total. The summed E-state index contributed by atoms with van der Waals surface area (Å²) >= 11 is 0. The quantitative estimate of drug-likeness (QED) is 0.856. The van der Waals surface area contributed by atoms with E-state index in [1.807, 2.05) is 24.3 Å². The van der Waals surface area contributed by atoms with Gasteiger partial charge in [0.1, 0.15) is 11.6 Å². The zero-order valence-electron chi connectivity index (χ0n) is 12.2. The highest BCUT2D eigenvalue weighted by Crippen LogP contribution is 2.18. The number of anilines is 2. The normalized spacial score (nSPS) is 10.0. The minimum atomic E-state index is -0.126. The lowest BCUT2D eigenvalue weighted by Crippen LogP contribution is -2.09. The summed E-state index contributed by atoms with van der Waals surface area (Å²) in [6.45, 7) is 2.24. The number of aromatic nitrogens is 1. The molecule has 2 rings (SSSR count). The van der Waals surface area contributed by atoms with Crippen molar-refractivity contribution in [1.29, 1.82) is 0 Å². The molecule has 0 fully saturated rings. The first-order valence-electron chi connectivity index (χ1n) is 6.78. The molecule has 2 aromatic rings. The molecular formula is C16H19N3O2. The average molecular weight is 285 g/mol. The van der Waals surface area contributed by atoms with Crippen molar-refractivity contribution in [3.05, 3.63) is 48.2 Å². The van der Waals surface area contributed by atoms with E-state index in [1.54, 1.807) is 19.4 Å². The number of carbonyl (C=O) groups is 1. The van der Waals surface area contributed by atoms with Crippen molar-refractivity contribution in [1.82, 2.24) is 4.98 Å². The minimum absolute atomic E-state index is 0.126. The third-order valence-corrected chi connectivity index (χ3v) is 2.98. The molecule has 0 saturated carbocycles. The summed E-state index contributed by atoms with van der Waals surface area (Å²) in [5, 5.41) is 5.93. The van der Waals surface area contributed by atoms with E-state index >= 15 is 0 Å². The summed E-state index contributed by atoms with van der Waals surface area (Å²) in [6.07, 6.45) is 2.56. The molecule has 1 aromatic carbocycles. The fraction of sp³-hybridized carbons (Fsp3) is 0.250. The first-order chi connectivity index (χ1) is 10.2. The number of ether oxygens (including phenoxy) is 1. The molecule has 0 aliphatic rings. The van der Waals surface area contributed by atoms with Crippen LogP contribution < -0.4 is 15.4 Å². The molecule has 5 nitrogen and oxygen atoms in total. The van der Waals surface area contributed by atoms with Crippen molar-refractivity contribution in [2.24, 2.45) is 0 Å². The van der Waals surface area contributed by atoms with Crippen molar-refractivity contribution in [2.45, 2.75) is 13.3 Å². The monoisotopic (exact) mass is 285 g/mol. The summed E-state index contributed by atoms with van der Waals surface area (Å²) in [5.41, 5.74) is 2.08. The van der Waals surface area contributed by atoms with E-state index in [2.05, 4.69) is 21.7 Å². The second-order valence-electron chi connectivity index (χ2n) is 4.60. The van der Waals surface area contributed by atoms with Gasteiger partial charge >= 0.3 is 0 Å². The van der Waals surface area contributed by atoms with Crippen LogP contribution in [0.1, 0.15) is 12.5 Å². The molecule has 1 aromatic heterocycles. The topological polar surface area (TPSA) is 63.2 Å². The zero-order chi connectivity index (χ0) is 15.1. The number of nitrogens with zero attached hydrogens (tertiary/aromatic N) is 1. The largest absolute Gasteiger partial charge is 0.496 e. The lowest BCUT2D eigenvalue weighted by molar-refractivity contribution is -0.114. The number of nitrogens with one attached hydrogen (secondary N) is 2. The van der Waals surface area contributed by atoms with Crippen LogP contribution in [0.2, 0.25) is 0 Å². The second kappa shape index (κ2) is 7.28. The molecule has 1 amide bonds. The van der Waals surface area contributed by atoms with Gasteiger partial charge in [-0.15, -0.1) is 0 Å². The number of amides is 1. The van der Waals surface area contributed by atoms with E-state index in [4.69, 9.17) is 4.74 Å². The van der Waals surface area contributed by atoms with E-state index in [1.165, 1.54) is 6.92 Å². The number of para-hydroxylation sites is 1. The van der Waals surface area contributed by atoms with Gasteiger partial charge in [0, 0.05) is 13.5 Å². The van der Waals surface area contributed by atoms with Crippen molar-refractivity contribution >= 4 is 17.4 Å². The zero-order valence-corrected chi connectivity index (χ0v) is 12.2. The van der Waals surface area contributed by atoms with Gasteiger partial charge in [-0.05, 0) is 30.2 Å². The Kier molecular flexibility index (Phi) is 5.15. The van der Waals surface area contributed by atoms with Crippen molar-refractivity contribution in [3.8, 4) is 5.75 Å². The summed E-state index contributed by atoms with van der Waals surface area (Å²) in [7, 11) is 1.68. The second-order valence-corrected chi connectivity index (χ2v) is 4.60. The van der Waals surface area contributed by atoms with Crippen LogP contribution in [-0.4, -0.2) is 24.5 Å². The molecule has 0 spiro atoms. The summed E-state index contributed by atoms with van der Waals surface area (Å²) in [5.74, 6) is 1.33. The molecule has 110 valence electrons. The van der Waals surface area contributed by atoms with Crippen LogP contribution >= 0.6 is 0 Å². The van der Waals surface area contributed by atoms with Gasteiger partial charge in [-0.1, -0.05) is 18.2 Å². The maximum Gasteiger partial charge on any atom is 0.222 e. The number of pyridine rings is 1. The summed E-state index contributed by atoms with van der Waals surface area (Å²) in [6, 6.07) is 11.6. The molecule has 0 bridgehead atoms. The first kappa shape index (κ1) is 14.8. The lowest BCUT2D eigenvalue weighted by Gasteiger charge is -2.10. The minimum Gasteiger partial charge on any atom is -0.496 e. The molecule has 0 aliphatic heterocycles. The maximum absolute atomic E-state index is 10.9. The Bertz CT molecular complexity index is 597. The van der Waals surface area contributed by atoms with Crippen LogP contribution in [0.5, 0.6) is 5.75 Å². The van der Waals surface area contributed by atoms with E-state index in [-0.39, 0.29) is 5.91 Å². The molecule has 0 radical (unpaired) electrons. The number of benzene rings is 1. The average Bonchev–Trinajstić information content (AvgIpc) is 2.49. The van der Waals surface area contributed by atoms with E-state index in [0.29, 0.717) is 5.82 Å². The molecule has 0 unspecified atom stereocenters. The molecule has 1 heterocycles. The van der Waals surface area contributed by atoms with Gasteiger partial charge in [0.2, 0.25) is 5.91 Å². The molecular weight excluding hydrogens is 266 g/mol. The Morgan fingerprint density at radius 3 is 2.71 bits per heavy atom. The number of carbonyl (C=O) groups excluding carboxylic acids is 1. The van der Waals surface area contributed by atoms with Gasteiger partial charge in [0.25, 0.3) is 0 Å². The number of rotatable bonds is 6. The standard InChI is InChI=1S/C16H19N3O2/c1-12(20)19-16-8-7-14(11-18-16)17-10-9-13-5-3-4-6-15(13)21-2/h3-8,11,17H,9-10H2,1-2H3,(H,18,19,20). The van der Waals surface area contributed by atoms with Crippen LogP contribution in [-0.2, 0) is 11.2 Å². The Labute approximate surface area is 124 Å². The van der Waals surface area contributed by atoms with Crippen molar-refractivity contribution in [2.75, 3.05) is 24.3 Å². The Balaban J connectivity index is 1.87. The number of methoxy groups -OCH3 is 1. The van der Waals surface area contributed by atoms with Gasteiger partial charge in [-0.25, -0.2) is 4.98 Å². The molecule has 0 saturated heterocycles. The Morgan fingerprint density at radius 2 is 2.05 bits per heavy atom. The predicted octanol–water partition coefficient (Wildman–Crippen LogP) is 2.70. The smallest absolute Gasteiger partial charge is 0.222 e.